The highest BCUT2D eigenvalue weighted by molar-refractivity contribution is 5.85. The number of hydrogen-bond donors (Lipinski definition) is 1. The number of likely N-dealkylation sites (tertiary alicyclic amines) is 1. The summed E-state index contributed by atoms with van der Waals surface area (Å²) in [4.78, 5) is 18.4. The summed E-state index contributed by atoms with van der Waals surface area (Å²) in [5.74, 6) is 1.77. The fourth-order valence-corrected chi connectivity index (χ4v) is 3.06. The molecule has 1 aliphatic heterocycles. The Bertz CT molecular complexity index is 679. The SMILES string of the molecule is CCCC(=O)N1CCC(c2nc(-c3ccc(CN)cc3)no2)CC1.Cl. The van der Waals surface area contributed by atoms with Crippen LogP contribution in [0.4, 0.5) is 0 Å². The zero-order valence-corrected chi connectivity index (χ0v) is 15.3. The Kier molecular flexibility index (Phi) is 6.96. The average molecular weight is 365 g/mol. The summed E-state index contributed by atoms with van der Waals surface area (Å²) >= 11 is 0. The van der Waals surface area contributed by atoms with Crippen molar-refractivity contribution < 1.29 is 9.32 Å². The number of nitrogens with two attached hydrogens (primary N) is 1. The molecular weight excluding hydrogens is 340 g/mol. The van der Waals surface area contributed by atoms with E-state index in [4.69, 9.17) is 10.3 Å². The molecule has 0 saturated carbocycles. The van der Waals surface area contributed by atoms with E-state index in [1.165, 1.54) is 0 Å². The maximum absolute atomic E-state index is 11.9. The van der Waals surface area contributed by atoms with E-state index in [0.29, 0.717) is 24.7 Å². The molecule has 6 nitrogen and oxygen atoms in total. The monoisotopic (exact) mass is 364 g/mol. The molecule has 3 rings (SSSR count). The standard InChI is InChI=1S/C18H24N4O2.ClH/c1-2-3-16(23)22-10-8-15(9-11-22)18-20-17(21-24-18)14-6-4-13(12-19)5-7-14;/h4-7,15H,2-3,8-12,19H2,1H3;1H. The van der Waals surface area contributed by atoms with Crippen LogP contribution in [0.25, 0.3) is 11.4 Å². The van der Waals surface area contributed by atoms with Crippen LogP contribution >= 0.6 is 12.4 Å². The van der Waals surface area contributed by atoms with Crippen molar-refractivity contribution in [3.63, 3.8) is 0 Å². The average Bonchev–Trinajstić information content (AvgIpc) is 3.12. The summed E-state index contributed by atoms with van der Waals surface area (Å²) in [6.45, 7) is 4.09. The van der Waals surface area contributed by atoms with Gasteiger partial charge in [-0.2, -0.15) is 4.98 Å². The predicted molar refractivity (Wildman–Crippen MR) is 98.3 cm³/mol. The van der Waals surface area contributed by atoms with Gasteiger partial charge in [0.25, 0.3) is 0 Å². The number of halogens is 1. The van der Waals surface area contributed by atoms with Gasteiger partial charge in [-0.1, -0.05) is 36.3 Å². The molecular formula is C18H25ClN4O2. The van der Waals surface area contributed by atoms with Crippen molar-refractivity contribution in [3.8, 4) is 11.4 Å². The van der Waals surface area contributed by atoms with Crippen LogP contribution in [0, 0.1) is 0 Å². The maximum Gasteiger partial charge on any atom is 0.230 e. The second-order valence-electron chi connectivity index (χ2n) is 6.26. The van der Waals surface area contributed by atoms with Crippen LogP contribution in [-0.2, 0) is 11.3 Å². The van der Waals surface area contributed by atoms with Gasteiger partial charge in [-0.25, -0.2) is 0 Å². The van der Waals surface area contributed by atoms with Crippen molar-refractivity contribution in [2.24, 2.45) is 5.73 Å². The summed E-state index contributed by atoms with van der Waals surface area (Å²) in [7, 11) is 0. The third-order valence-corrected chi connectivity index (χ3v) is 4.55. The van der Waals surface area contributed by atoms with E-state index in [2.05, 4.69) is 10.1 Å². The van der Waals surface area contributed by atoms with Gasteiger partial charge in [-0.3, -0.25) is 4.79 Å². The minimum atomic E-state index is 0. The quantitative estimate of drug-likeness (QED) is 0.880. The molecule has 1 aromatic heterocycles. The Balaban J connectivity index is 0.00000225. The van der Waals surface area contributed by atoms with Gasteiger partial charge in [0.05, 0.1) is 0 Å². The summed E-state index contributed by atoms with van der Waals surface area (Å²) in [6.07, 6.45) is 3.29. The number of benzene rings is 1. The highest BCUT2D eigenvalue weighted by Crippen LogP contribution is 2.28. The number of nitrogens with zero attached hydrogens (tertiary/aromatic N) is 3. The van der Waals surface area contributed by atoms with E-state index >= 15 is 0 Å². The maximum atomic E-state index is 11.9. The number of piperidine rings is 1. The van der Waals surface area contributed by atoms with Gasteiger partial charge < -0.3 is 15.2 Å². The van der Waals surface area contributed by atoms with Crippen LogP contribution in [0.15, 0.2) is 28.8 Å². The van der Waals surface area contributed by atoms with Crippen LogP contribution in [0.1, 0.15) is 50.0 Å². The molecule has 0 unspecified atom stereocenters. The molecule has 0 radical (unpaired) electrons. The normalized spacial score (nSPS) is 15.0. The highest BCUT2D eigenvalue weighted by Gasteiger charge is 2.27. The number of amides is 1. The van der Waals surface area contributed by atoms with E-state index in [1.807, 2.05) is 36.1 Å². The Labute approximate surface area is 154 Å². The summed E-state index contributed by atoms with van der Waals surface area (Å²) < 4.78 is 5.47. The zero-order chi connectivity index (χ0) is 16.9. The molecule has 25 heavy (non-hydrogen) atoms. The molecule has 1 fully saturated rings. The lowest BCUT2D eigenvalue weighted by Crippen LogP contribution is -2.37. The first-order chi connectivity index (χ1) is 11.7. The lowest BCUT2D eigenvalue weighted by molar-refractivity contribution is -0.132. The molecule has 1 saturated heterocycles. The second kappa shape index (κ2) is 8.97. The van der Waals surface area contributed by atoms with Crippen LogP contribution in [0.2, 0.25) is 0 Å². The smallest absolute Gasteiger partial charge is 0.230 e. The summed E-state index contributed by atoms with van der Waals surface area (Å²) in [5, 5.41) is 4.10. The third-order valence-electron chi connectivity index (χ3n) is 4.55. The van der Waals surface area contributed by atoms with Gasteiger partial charge >= 0.3 is 0 Å². The fraction of sp³-hybridized carbons (Fsp3) is 0.500. The van der Waals surface area contributed by atoms with Crippen molar-refractivity contribution in [1.82, 2.24) is 15.0 Å². The molecule has 0 spiro atoms. The van der Waals surface area contributed by atoms with Crippen LogP contribution in [-0.4, -0.2) is 34.0 Å². The van der Waals surface area contributed by atoms with E-state index < -0.39 is 0 Å². The lowest BCUT2D eigenvalue weighted by Gasteiger charge is -2.30. The number of rotatable bonds is 5. The minimum Gasteiger partial charge on any atom is -0.343 e. The van der Waals surface area contributed by atoms with Crippen molar-refractivity contribution in [3.05, 3.63) is 35.7 Å². The zero-order valence-electron chi connectivity index (χ0n) is 14.5. The lowest BCUT2D eigenvalue weighted by atomic mass is 9.96. The molecule has 7 heteroatoms. The highest BCUT2D eigenvalue weighted by atomic mass is 35.5. The van der Waals surface area contributed by atoms with E-state index in [0.717, 1.165) is 43.5 Å². The van der Waals surface area contributed by atoms with E-state index in [1.54, 1.807) is 0 Å². The van der Waals surface area contributed by atoms with Crippen LogP contribution in [0.3, 0.4) is 0 Å². The first-order valence-electron chi connectivity index (χ1n) is 8.62. The Morgan fingerprint density at radius 2 is 1.96 bits per heavy atom. The molecule has 0 aliphatic carbocycles. The molecule has 1 amide bonds. The molecule has 2 N–H and O–H groups in total. The van der Waals surface area contributed by atoms with Crippen molar-refractivity contribution >= 4 is 18.3 Å². The third kappa shape index (κ3) is 4.58. The molecule has 0 atom stereocenters. The van der Waals surface area contributed by atoms with Crippen molar-refractivity contribution in [2.75, 3.05) is 13.1 Å². The predicted octanol–water partition coefficient (Wildman–Crippen LogP) is 3.12. The second-order valence-corrected chi connectivity index (χ2v) is 6.26. The van der Waals surface area contributed by atoms with Gasteiger partial charge in [0.1, 0.15) is 0 Å². The molecule has 2 heterocycles. The Hall–Kier alpha value is -1.92. The van der Waals surface area contributed by atoms with Crippen LogP contribution < -0.4 is 5.73 Å². The Morgan fingerprint density at radius 1 is 1.28 bits per heavy atom. The van der Waals surface area contributed by atoms with Gasteiger partial charge in [0, 0.05) is 37.5 Å². The largest absolute Gasteiger partial charge is 0.343 e. The topological polar surface area (TPSA) is 85.2 Å². The van der Waals surface area contributed by atoms with Gasteiger partial charge in [0.2, 0.25) is 17.6 Å². The van der Waals surface area contributed by atoms with Crippen molar-refractivity contribution in [2.45, 2.75) is 45.1 Å². The number of carbonyl (C=O) groups is 1. The van der Waals surface area contributed by atoms with Gasteiger partial charge in [-0.15, -0.1) is 12.4 Å². The first kappa shape index (κ1) is 19.4. The molecule has 2 aromatic rings. The number of hydrogen-bond acceptors (Lipinski definition) is 5. The first-order valence-corrected chi connectivity index (χ1v) is 8.62. The van der Waals surface area contributed by atoms with Crippen LogP contribution in [0.5, 0.6) is 0 Å². The number of aromatic nitrogens is 2. The fourth-order valence-electron chi connectivity index (χ4n) is 3.06. The van der Waals surface area contributed by atoms with Gasteiger partial charge in [-0.05, 0) is 24.8 Å². The molecule has 1 aliphatic rings. The minimum absolute atomic E-state index is 0. The molecule has 1 aromatic carbocycles. The van der Waals surface area contributed by atoms with E-state index in [-0.39, 0.29) is 24.2 Å². The van der Waals surface area contributed by atoms with Gasteiger partial charge in [0.15, 0.2) is 0 Å². The molecule has 136 valence electrons. The molecule has 0 bridgehead atoms. The summed E-state index contributed by atoms with van der Waals surface area (Å²) in [6, 6.07) is 7.87. The Morgan fingerprint density at radius 3 is 2.56 bits per heavy atom. The summed E-state index contributed by atoms with van der Waals surface area (Å²) in [5.41, 5.74) is 7.62. The number of carbonyl (C=O) groups excluding carboxylic acids is 1. The van der Waals surface area contributed by atoms with E-state index in [9.17, 15) is 4.79 Å². The van der Waals surface area contributed by atoms with Crippen molar-refractivity contribution in [1.29, 1.82) is 0 Å².